The average Bonchev–Trinajstić information content (AvgIpc) is 2.12. The Kier molecular flexibility index (Phi) is 1.72. The van der Waals surface area contributed by atoms with Crippen LogP contribution in [0.1, 0.15) is 32.1 Å². The standard InChI is InChI=1S/C9H15NO/c11-8-6-9(7-8)2-1-4-10-5-3-9/h10H,1-7H2. The molecule has 1 aliphatic carbocycles. The van der Waals surface area contributed by atoms with Crippen LogP contribution < -0.4 is 5.32 Å². The van der Waals surface area contributed by atoms with Crippen molar-refractivity contribution in [3.8, 4) is 0 Å². The number of ketones is 1. The summed E-state index contributed by atoms with van der Waals surface area (Å²) in [6.07, 6.45) is 5.49. The van der Waals surface area contributed by atoms with Crippen LogP contribution in [-0.4, -0.2) is 18.9 Å². The predicted molar refractivity (Wildman–Crippen MR) is 43.4 cm³/mol. The molecule has 0 unspecified atom stereocenters. The normalized spacial score (nSPS) is 29.6. The number of carbonyl (C=O) groups excluding carboxylic acids is 1. The van der Waals surface area contributed by atoms with Gasteiger partial charge in [0.1, 0.15) is 5.78 Å². The van der Waals surface area contributed by atoms with Crippen LogP contribution in [0.25, 0.3) is 0 Å². The van der Waals surface area contributed by atoms with E-state index in [1.807, 2.05) is 0 Å². The third-order valence-electron chi connectivity index (χ3n) is 3.04. The van der Waals surface area contributed by atoms with Gasteiger partial charge in [-0.05, 0) is 37.8 Å². The topological polar surface area (TPSA) is 29.1 Å². The Balaban J connectivity index is 1.96. The quantitative estimate of drug-likeness (QED) is 0.565. The summed E-state index contributed by atoms with van der Waals surface area (Å²) < 4.78 is 0. The fourth-order valence-corrected chi connectivity index (χ4v) is 2.33. The van der Waals surface area contributed by atoms with Gasteiger partial charge in [-0.1, -0.05) is 0 Å². The molecule has 11 heavy (non-hydrogen) atoms. The first kappa shape index (κ1) is 7.29. The molecule has 1 saturated heterocycles. The fourth-order valence-electron chi connectivity index (χ4n) is 2.33. The van der Waals surface area contributed by atoms with Crippen molar-refractivity contribution < 1.29 is 4.79 Å². The third-order valence-corrected chi connectivity index (χ3v) is 3.04. The Morgan fingerprint density at radius 3 is 2.73 bits per heavy atom. The van der Waals surface area contributed by atoms with Gasteiger partial charge >= 0.3 is 0 Å². The van der Waals surface area contributed by atoms with Gasteiger partial charge < -0.3 is 5.32 Å². The van der Waals surface area contributed by atoms with Gasteiger partial charge in [0.25, 0.3) is 0 Å². The summed E-state index contributed by atoms with van der Waals surface area (Å²) in [4.78, 5) is 10.9. The van der Waals surface area contributed by atoms with Crippen LogP contribution in [-0.2, 0) is 4.79 Å². The first-order valence-corrected chi connectivity index (χ1v) is 4.53. The summed E-state index contributed by atoms with van der Waals surface area (Å²) in [5.41, 5.74) is 0.445. The van der Waals surface area contributed by atoms with Gasteiger partial charge in [-0.15, -0.1) is 0 Å². The third kappa shape index (κ3) is 1.32. The zero-order valence-corrected chi connectivity index (χ0v) is 6.86. The molecule has 2 fully saturated rings. The predicted octanol–water partition coefficient (Wildman–Crippen LogP) is 1.11. The van der Waals surface area contributed by atoms with Crippen molar-refractivity contribution in [2.75, 3.05) is 13.1 Å². The fraction of sp³-hybridized carbons (Fsp3) is 0.889. The van der Waals surface area contributed by atoms with E-state index in [1.54, 1.807) is 0 Å². The summed E-state index contributed by atoms with van der Waals surface area (Å²) in [5.74, 6) is 0.479. The number of hydrogen-bond donors (Lipinski definition) is 1. The number of Topliss-reactive ketones (excluding diaryl/α,β-unsaturated/α-hetero) is 1. The molecule has 0 bridgehead atoms. The van der Waals surface area contributed by atoms with Crippen molar-refractivity contribution >= 4 is 5.78 Å². The monoisotopic (exact) mass is 153 g/mol. The van der Waals surface area contributed by atoms with Crippen LogP contribution in [0.4, 0.5) is 0 Å². The maximum atomic E-state index is 10.9. The molecule has 1 spiro atoms. The highest BCUT2D eigenvalue weighted by molar-refractivity contribution is 5.86. The molecule has 1 heterocycles. The van der Waals surface area contributed by atoms with E-state index in [2.05, 4.69) is 5.32 Å². The number of rotatable bonds is 0. The van der Waals surface area contributed by atoms with E-state index < -0.39 is 0 Å². The van der Waals surface area contributed by atoms with Crippen molar-refractivity contribution in [1.82, 2.24) is 5.32 Å². The van der Waals surface area contributed by atoms with Gasteiger partial charge in [-0.25, -0.2) is 0 Å². The van der Waals surface area contributed by atoms with Crippen molar-refractivity contribution in [3.63, 3.8) is 0 Å². The van der Waals surface area contributed by atoms with E-state index in [4.69, 9.17) is 0 Å². The SMILES string of the molecule is O=C1CC2(CCCNCC2)C1. The van der Waals surface area contributed by atoms with E-state index in [0.717, 1.165) is 25.9 Å². The van der Waals surface area contributed by atoms with Crippen molar-refractivity contribution in [3.05, 3.63) is 0 Å². The van der Waals surface area contributed by atoms with E-state index in [9.17, 15) is 4.79 Å². The molecule has 2 aliphatic rings. The van der Waals surface area contributed by atoms with Crippen molar-refractivity contribution in [1.29, 1.82) is 0 Å². The molecule has 1 saturated carbocycles. The lowest BCUT2D eigenvalue weighted by atomic mass is 9.64. The van der Waals surface area contributed by atoms with Gasteiger partial charge in [-0.3, -0.25) is 4.79 Å². The van der Waals surface area contributed by atoms with E-state index in [-0.39, 0.29) is 0 Å². The molecule has 0 radical (unpaired) electrons. The molecule has 0 atom stereocenters. The number of nitrogens with one attached hydrogen (secondary N) is 1. The van der Waals surface area contributed by atoms with Crippen molar-refractivity contribution in [2.24, 2.45) is 5.41 Å². The Labute approximate surface area is 67.4 Å². The van der Waals surface area contributed by atoms with Gasteiger partial charge in [0, 0.05) is 12.8 Å². The van der Waals surface area contributed by atoms with Crippen LogP contribution in [0.15, 0.2) is 0 Å². The van der Waals surface area contributed by atoms with Crippen LogP contribution in [0, 0.1) is 5.41 Å². The summed E-state index contributed by atoms with van der Waals surface area (Å²) in [6, 6.07) is 0. The molecule has 1 N–H and O–H groups in total. The molecule has 62 valence electrons. The lowest BCUT2D eigenvalue weighted by molar-refractivity contribution is -0.133. The van der Waals surface area contributed by atoms with Crippen LogP contribution >= 0.6 is 0 Å². The van der Waals surface area contributed by atoms with E-state index in [1.165, 1.54) is 19.3 Å². The van der Waals surface area contributed by atoms with Gasteiger partial charge in [0.2, 0.25) is 0 Å². The smallest absolute Gasteiger partial charge is 0.134 e. The van der Waals surface area contributed by atoms with Crippen LogP contribution in [0.2, 0.25) is 0 Å². The van der Waals surface area contributed by atoms with Crippen LogP contribution in [0.5, 0.6) is 0 Å². The first-order chi connectivity index (χ1) is 5.31. The second-order valence-electron chi connectivity index (χ2n) is 4.00. The summed E-state index contributed by atoms with van der Waals surface area (Å²) >= 11 is 0. The summed E-state index contributed by atoms with van der Waals surface area (Å²) in [7, 11) is 0. The maximum Gasteiger partial charge on any atom is 0.134 e. The zero-order chi connectivity index (χ0) is 7.73. The minimum atomic E-state index is 0.445. The molecule has 1 aliphatic heterocycles. The largest absolute Gasteiger partial charge is 0.317 e. The molecule has 0 amide bonds. The second kappa shape index (κ2) is 2.59. The average molecular weight is 153 g/mol. The Morgan fingerprint density at radius 1 is 1.18 bits per heavy atom. The Hall–Kier alpha value is -0.370. The highest BCUT2D eigenvalue weighted by Crippen LogP contribution is 2.45. The van der Waals surface area contributed by atoms with E-state index in [0.29, 0.717) is 11.2 Å². The van der Waals surface area contributed by atoms with Crippen LogP contribution in [0.3, 0.4) is 0 Å². The van der Waals surface area contributed by atoms with E-state index >= 15 is 0 Å². The van der Waals surface area contributed by atoms with Gasteiger partial charge in [0.05, 0.1) is 0 Å². The van der Waals surface area contributed by atoms with Gasteiger partial charge in [-0.2, -0.15) is 0 Å². The lowest BCUT2D eigenvalue weighted by Crippen LogP contribution is -2.38. The molecule has 2 heteroatoms. The highest BCUT2D eigenvalue weighted by atomic mass is 16.1. The summed E-state index contributed by atoms with van der Waals surface area (Å²) in [6.45, 7) is 2.27. The Morgan fingerprint density at radius 2 is 2.00 bits per heavy atom. The van der Waals surface area contributed by atoms with Crippen molar-refractivity contribution in [2.45, 2.75) is 32.1 Å². The molecule has 0 aromatic heterocycles. The second-order valence-corrected chi connectivity index (χ2v) is 4.00. The zero-order valence-electron chi connectivity index (χ0n) is 6.86. The number of hydrogen-bond acceptors (Lipinski definition) is 2. The molecule has 0 aromatic carbocycles. The molecular formula is C9H15NO. The lowest BCUT2D eigenvalue weighted by Gasteiger charge is -2.39. The molecule has 2 rings (SSSR count). The minimum Gasteiger partial charge on any atom is -0.317 e. The molecular weight excluding hydrogens is 138 g/mol. The summed E-state index contributed by atoms with van der Waals surface area (Å²) in [5, 5.41) is 3.37. The maximum absolute atomic E-state index is 10.9. The van der Waals surface area contributed by atoms with Gasteiger partial charge in [0.15, 0.2) is 0 Å². The first-order valence-electron chi connectivity index (χ1n) is 4.53. The minimum absolute atomic E-state index is 0.445. The molecule has 2 nitrogen and oxygen atoms in total. The molecule has 0 aromatic rings. The highest BCUT2D eigenvalue weighted by Gasteiger charge is 2.42. The Bertz CT molecular complexity index is 158. The number of carbonyl (C=O) groups is 1.